The lowest BCUT2D eigenvalue weighted by atomic mass is 9.79. The molecule has 0 spiro atoms. The summed E-state index contributed by atoms with van der Waals surface area (Å²) in [5, 5.41) is 69.9. The molecule has 5 fully saturated rings. The van der Waals surface area contributed by atoms with Crippen molar-refractivity contribution in [1.29, 1.82) is 21.0 Å². The molecule has 30 nitrogen and oxygen atoms in total. The Balaban J connectivity index is 0.000000116. The zero-order chi connectivity index (χ0) is 103. The van der Waals surface area contributed by atoms with Crippen molar-refractivity contribution in [1.82, 2.24) is 103 Å². The van der Waals surface area contributed by atoms with Crippen LogP contribution in [0.15, 0.2) is 157 Å². The fraction of sp³-hybridized carbons (Fsp3) is 0.411. The fourth-order valence-corrected chi connectivity index (χ4v) is 22.0. The van der Waals surface area contributed by atoms with Crippen LogP contribution in [-0.2, 0) is 26.7 Å². The Morgan fingerprint density at radius 2 is 0.705 bits per heavy atom. The summed E-state index contributed by atoms with van der Waals surface area (Å²) in [4.78, 5) is 23.5. The van der Waals surface area contributed by atoms with E-state index in [1.807, 2.05) is 113 Å². The van der Waals surface area contributed by atoms with E-state index in [0.29, 0.717) is 94.3 Å². The van der Waals surface area contributed by atoms with Crippen LogP contribution in [-0.4, -0.2) is 126 Å². The molecule has 18 aromatic heterocycles. The van der Waals surface area contributed by atoms with Crippen molar-refractivity contribution in [2.75, 3.05) is 0 Å². The van der Waals surface area contributed by atoms with Gasteiger partial charge in [-0.3, -0.25) is 39.0 Å². The zero-order valence-corrected chi connectivity index (χ0v) is 86.5. The predicted molar refractivity (Wildman–Crippen MR) is 545 cm³/mol. The highest BCUT2D eigenvalue weighted by Crippen LogP contribution is 2.52. The minimum absolute atomic E-state index is 0.0248. The van der Waals surface area contributed by atoms with Crippen molar-refractivity contribution < 1.29 is 53.3 Å². The van der Waals surface area contributed by atoms with E-state index in [9.17, 15) is 47.4 Å². The summed E-state index contributed by atoms with van der Waals surface area (Å²) in [5.74, 6) is 3.04. The molecule has 5 aliphatic carbocycles. The molecule has 0 aromatic carbocycles. The minimum Gasteiger partial charge on any atom is -0.361 e. The molecule has 5 saturated carbocycles. The lowest BCUT2D eigenvalue weighted by Crippen LogP contribution is -2.38. The molecule has 0 aliphatic heterocycles. The average molecular weight is 2160 g/mol. The highest BCUT2D eigenvalue weighted by Gasteiger charge is 2.44. The molecule has 0 bridgehead atoms. The van der Waals surface area contributed by atoms with Crippen LogP contribution in [0.3, 0.4) is 0 Å². The topological polar surface area (TPSA) is 368 Å². The average Bonchev–Trinajstić information content (AvgIpc) is 1.55. The number of alkyl halides is 7. The van der Waals surface area contributed by atoms with E-state index in [-0.39, 0.29) is 56.4 Å². The number of rotatable bonds is 25. The lowest BCUT2D eigenvalue weighted by molar-refractivity contribution is -0.142. The second-order valence-corrected chi connectivity index (χ2v) is 41.9. The molecule has 39 heteroatoms. The number of hydrogen-bond acceptors (Lipinski definition) is 22. The van der Waals surface area contributed by atoms with Gasteiger partial charge in [-0.1, -0.05) is 25.8 Å². The highest BCUT2D eigenvalue weighted by atomic mass is 127. The molecule has 4 atom stereocenters. The van der Waals surface area contributed by atoms with Crippen LogP contribution in [0.4, 0.5) is 30.7 Å². The van der Waals surface area contributed by atoms with Gasteiger partial charge in [0.05, 0.1) is 156 Å². The summed E-state index contributed by atoms with van der Waals surface area (Å²) in [5.41, 5.74) is 23.7. The Bertz CT molecular complexity index is 7870. The van der Waals surface area contributed by atoms with Gasteiger partial charge in [0.2, 0.25) is 0 Å². The van der Waals surface area contributed by atoms with Gasteiger partial charge in [-0.2, -0.15) is 49.5 Å². The van der Waals surface area contributed by atoms with Crippen molar-refractivity contribution in [3.63, 3.8) is 0 Å². The summed E-state index contributed by atoms with van der Waals surface area (Å²) >= 11 is 5.94. The van der Waals surface area contributed by atoms with Gasteiger partial charge in [0.1, 0.15) is 64.3 Å². The van der Waals surface area contributed by atoms with E-state index < -0.39 is 36.5 Å². The number of halogens is 9. The molecule has 752 valence electrons. The van der Waals surface area contributed by atoms with E-state index >= 15 is 4.39 Å². The molecule has 0 N–H and O–H groups in total. The minimum atomic E-state index is -4.41. The van der Waals surface area contributed by atoms with Crippen molar-refractivity contribution in [2.24, 2.45) is 30.7 Å². The molecule has 4 unspecified atom stereocenters. The van der Waals surface area contributed by atoms with Crippen LogP contribution in [0.2, 0.25) is 0 Å². The lowest BCUT2D eigenvalue weighted by Gasteiger charge is -2.36. The Labute approximate surface area is 857 Å². The van der Waals surface area contributed by atoms with Gasteiger partial charge in [-0.25, -0.2) is 17.6 Å². The molecule has 146 heavy (non-hydrogen) atoms. The van der Waals surface area contributed by atoms with Crippen LogP contribution >= 0.6 is 38.5 Å². The van der Waals surface area contributed by atoms with Gasteiger partial charge in [0.15, 0.2) is 0 Å². The number of aromatic nitrogens is 21. The quantitative estimate of drug-likeness (QED) is 0.0379. The maximum atomic E-state index is 15.9. The second kappa shape index (κ2) is 40.3. The first-order chi connectivity index (χ1) is 69.8. The number of fused-ring (bicyclic) bond motifs is 5. The molecule has 23 rings (SSSR count). The molecule has 0 radical (unpaired) electrons. The molecule has 0 amide bonds. The van der Waals surface area contributed by atoms with Crippen molar-refractivity contribution in [3.05, 3.63) is 195 Å². The van der Waals surface area contributed by atoms with Gasteiger partial charge in [0.25, 0.3) is 5.92 Å². The van der Waals surface area contributed by atoms with Crippen LogP contribution in [0, 0.1) is 142 Å². The Hall–Kier alpha value is -14.2. The monoisotopic (exact) mass is 2160 g/mol. The van der Waals surface area contributed by atoms with Gasteiger partial charge in [0, 0.05) is 208 Å². The van der Waals surface area contributed by atoms with Crippen LogP contribution < -0.4 is 0 Å². The number of nitrogens with zero attached hydrogens (tertiary/aromatic N) is 25. The smallest absolute Gasteiger partial charge is 0.361 e. The van der Waals surface area contributed by atoms with Crippen LogP contribution in [0.1, 0.15) is 198 Å². The molecule has 18 heterocycles. The zero-order valence-electron chi connectivity index (χ0n) is 82.8. The highest BCUT2D eigenvalue weighted by molar-refractivity contribution is 14.1. The fourth-order valence-electron chi connectivity index (χ4n) is 20.8. The third-order valence-corrected chi connectivity index (χ3v) is 29.9. The van der Waals surface area contributed by atoms with E-state index in [4.69, 9.17) is 32.6 Å². The van der Waals surface area contributed by atoms with Crippen molar-refractivity contribution >= 4 is 93.7 Å². The van der Waals surface area contributed by atoms with Crippen molar-refractivity contribution in [2.45, 2.75) is 253 Å². The normalized spacial score (nSPS) is 17.2. The summed E-state index contributed by atoms with van der Waals surface area (Å²) in [6, 6.07) is 20.4. The van der Waals surface area contributed by atoms with E-state index in [0.717, 1.165) is 189 Å². The van der Waals surface area contributed by atoms with E-state index in [2.05, 4.69) is 180 Å². The van der Waals surface area contributed by atoms with E-state index in [1.54, 1.807) is 47.2 Å². The largest absolute Gasteiger partial charge is 0.408 e. The first-order valence-electron chi connectivity index (χ1n) is 48.7. The number of pyridine rings is 5. The molecule has 0 saturated heterocycles. The summed E-state index contributed by atoms with van der Waals surface area (Å²) in [7, 11) is 1.91. The van der Waals surface area contributed by atoms with Gasteiger partial charge in [-0.05, 0) is 246 Å². The number of hydrogen-bond donors (Lipinski definition) is 0. The van der Waals surface area contributed by atoms with Crippen LogP contribution in [0.25, 0.3) is 144 Å². The van der Waals surface area contributed by atoms with Crippen molar-refractivity contribution in [3.8, 4) is 113 Å². The van der Waals surface area contributed by atoms with Crippen LogP contribution in [0.5, 0.6) is 0 Å². The number of nitriles is 4. The summed E-state index contributed by atoms with van der Waals surface area (Å²) in [6.07, 6.45) is 36.1. The Morgan fingerprint density at radius 1 is 0.397 bits per heavy atom. The molecular weight excluding hydrogens is 2060 g/mol. The second-order valence-electron chi connectivity index (χ2n) is 39.9. The molecule has 18 aromatic rings. The predicted octanol–water partition coefficient (Wildman–Crippen LogP) is 26.7. The maximum Gasteiger partial charge on any atom is 0.408 e. The first kappa shape index (κ1) is 100. The van der Waals surface area contributed by atoms with E-state index in [1.165, 1.54) is 62.5 Å². The van der Waals surface area contributed by atoms with Gasteiger partial charge in [-0.15, -0.1) is 0 Å². The third kappa shape index (κ3) is 21.1. The molecular formula is C107H106BrF7IN25O5. The standard InChI is InChI=1S/C25H26F5N5O.C24H24F2N6O.C22H22N6O.C18H17BrN4O.C18H17IN4O/c1-15-21(16(2)36-33-15)17-8-20-22(31-9-17)19(18-10-32-35(11-18)14-25(28,29)30)12-34(20)13-24(27)6-4-23(3,26)5-7-24;1-14-22(15(2)33-30-14)17-8-21-23(28-9-17)19(12-32(21)20(6-7-27)16-4-5-16)18-10-29-31(11-18)13-24(3,25)26;1-13-21(14(2)29-26-13)16-8-20-22(24-9-16)18(17-10-25-27(3)11-17)12-28(20)19(6-7-23)15-4-5-15;2*1-10-17(11(2)24-22-10)13-7-16-18(21-8-13)14(19)9-23(16)15(5-6-20)12-3-4-12/h8-12H,4-7,13-14H2,1-3H3;8-12,16,20H,4-6,13H2,1-3H3;8-12,15,19H,4-6H2,1-3H3;2*7-9,12,15H,3-5H2,1-2H3. The summed E-state index contributed by atoms with van der Waals surface area (Å²) < 4.78 is 139. The molecule has 5 aliphatic rings. The first-order valence-corrected chi connectivity index (χ1v) is 50.5. The Morgan fingerprint density at radius 3 is 1.04 bits per heavy atom. The van der Waals surface area contributed by atoms with Gasteiger partial charge >= 0.3 is 6.18 Å². The third-order valence-electron chi connectivity index (χ3n) is 28.5. The Kier molecular flexibility index (Phi) is 27.8. The maximum absolute atomic E-state index is 15.9. The SMILES string of the molecule is Cc1noc(C)c1-c1cnc2c(-c3cnn(C)c3)cn(C(CC#N)C3CC3)c2c1.Cc1noc(C)c1-c1cnc2c(-c3cnn(CC(C)(F)F)c3)cn(C(CC#N)C3CC3)c2c1.Cc1noc(C)c1-c1cnc2c(-c3cnn(CC(F)(F)F)c3)cn(CC3(F)CCC(C)(F)CC3)c2c1.Cc1noc(C)c1-c1cnc2c(Br)cn(C(CC#N)C3CC3)c2c1.Cc1noc(C)c1-c1cnc2c(I)cn(C(CC#N)C3CC3)c2c1. The van der Waals surface area contributed by atoms with Gasteiger partial charge < -0.3 is 45.5 Å². The number of aryl methyl sites for hydroxylation is 11. The summed E-state index contributed by atoms with van der Waals surface area (Å²) in [6.45, 7) is 19.6.